The van der Waals surface area contributed by atoms with Crippen LogP contribution in [0, 0.1) is 0 Å². The third-order valence-electron chi connectivity index (χ3n) is 1.83. The van der Waals surface area contributed by atoms with Crippen LogP contribution in [0.4, 0.5) is 0 Å². The summed E-state index contributed by atoms with van der Waals surface area (Å²) in [6.45, 7) is 0. The number of hydrogen-bond donors (Lipinski definition) is 1. The van der Waals surface area contributed by atoms with Gasteiger partial charge in [0.2, 0.25) is 0 Å². The van der Waals surface area contributed by atoms with Gasteiger partial charge in [0, 0.05) is 29.7 Å². The predicted molar refractivity (Wildman–Crippen MR) is 55.3 cm³/mol. The number of rotatable bonds is 3. The van der Waals surface area contributed by atoms with Gasteiger partial charge in [0.1, 0.15) is 0 Å². The molecule has 14 heavy (non-hydrogen) atoms. The zero-order valence-corrected chi connectivity index (χ0v) is 9.24. The summed E-state index contributed by atoms with van der Waals surface area (Å²) in [4.78, 5) is 21.8. The molecule has 0 radical (unpaired) electrons. The number of aromatic nitrogens is 1. The number of nitrogens with zero attached hydrogens (tertiary/aromatic N) is 1. The van der Waals surface area contributed by atoms with Gasteiger partial charge in [-0.15, -0.1) is 0 Å². The van der Waals surface area contributed by atoms with Crippen molar-refractivity contribution in [1.29, 1.82) is 0 Å². The monoisotopic (exact) mass is 259 g/mol. The first-order valence-corrected chi connectivity index (χ1v) is 4.87. The second kappa shape index (κ2) is 4.41. The van der Waals surface area contributed by atoms with Gasteiger partial charge in [-0.2, -0.15) is 0 Å². The van der Waals surface area contributed by atoms with Gasteiger partial charge in [0.15, 0.2) is 0 Å². The molecule has 0 atom stereocenters. The Labute approximate surface area is 89.3 Å². The first-order chi connectivity index (χ1) is 6.50. The van der Waals surface area contributed by atoms with Gasteiger partial charge in [0.25, 0.3) is 5.56 Å². The Bertz CT molecular complexity index is 411. The van der Waals surface area contributed by atoms with Gasteiger partial charge >= 0.3 is 5.97 Å². The van der Waals surface area contributed by atoms with E-state index in [1.165, 1.54) is 4.57 Å². The first-order valence-electron chi connectivity index (χ1n) is 4.07. The number of carboxylic acid groups (broad SMARTS) is 1. The van der Waals surface area contributed by atoms with Crippen LogP contribution >= 0.6 is 15.9 Å². The van der Waals surface area contributed by atoms with Crippen LogP contribution in [-0.2, 0) is 18.3 Å². The van der Waals surface area contributed by atoms with Crippen LogP contribution in [-0.4, -0.2) is 15.6 Å². The van der Waals surface area contributed by atoms with E-state index in [2.05, 4.69) is 15.9 Å². The van der Waals surface area contributed by atoms with Gasteiger partial charge < -0.3 is 9.67 Å². The summed E-state index contributed by atoms with van der Waals surface area (Å²) in [6.07, 6.45) is 1.89. The van der Waals surface area contributed by atoms with E-state index in [4.69, 9.17) is 5.11 Å². The van der Waals surface area contributed by atoms with Crippen LogP contribution in [0.1, 0.15) is 12.0 Å². The third kappa shape index (κ3) is 2.70. The fraction of sp³-hybridized carbons (Fsp3) is 0.333. The largest absolute Gasteiger partial charge is 0.481 e. The normalized spacial score (nSPS) is 10.1. The molecule has 1 aromatic heterocycles. The van der Waals surface area contributed by atoms with Crippen LogP contribution in [0.25, 0.3) is 0 Å². The minimum Gasteiger partial charge on any atom is -0.481 e. The van der Waals surface area contributed by atoms with Gasteiger partial charge in [0.05, 0.1) is 0 Å². The molecule has 76 valence electrons. The zero-order valence-electron chi connectivity index (χ0n) is 7.66. The summed E-state index contributed by atoms with van der Waals surface area (Å²) in [5, 5.41) is 8.48. The maximum Gasteiger partial charge on any atom is 0.303 e. The Morgan fingerprint density at radius 1 is 1.64 bits per heavy atom. The van der Waals surface area contributed by atoms with Gasteiger partial charge in [-0.1, -0.05) is 0 Å². The van der Waals surface area contributed by atoms with E-state index in [0.717, 1.165) is 4.47 Å². The van der Waals surface area contributed by atoms with E-state index in [1.807, 2.05) is 0 Å². The maximum atomic E-state index is 11.5. The fourth-order valence-electron chi connectivity index (χ4n) is 1.16. The summed E-state index contributed by atoms with van der Waals surface area (Å²) >= 11 is 3.25. The van der Waals surface area contributed by atoms with Crippen molar-refractivity contribution in [3.8, 4) is 0 Å². The number of hydrogen-bond acceptors (Lipinski definition) is 2. The third-order valence-corrected chi connectivity index (χ3v) is 2.27. The lowest BCUT2D eigenvalue weighted by Crippen LogP contribution is -2.21. The molecule has 0 bridgehead atoms. The molecule has 0 amide bonds. The summed E-state index contributed by atoms with van der Waals surface area (Å²) in [7, 11) is 1.64. The molecular formula is C9H10BrNO3. The predicted octanol–water partition coefficient (Wildman–Crippen LogP) is 1.17. The molecule has 0 fully saturated rings. The minimum absolute atomic E-state index is 0.0221. The minimum atomic E-state index is -0.896. The first kappa shape index (κ1) is 11.0. The van der Waals surface area contributed by atoms with Crippen molar-refractivity contribution < 1.29 is 9.90 Å². The fourth-order valence-corrected chi connectivity index (χ4v) is 1.74. The number of halogens is 1. The van der Waals surface area contributed by atoms with Gasteiger partial charge in [-0.3, -0.25) is 9.59 Å². The van der Waals surface area contributed by atoms with E-state index in [9.17, 15) is 9.59 Å². The number of carboxylic acids is 1. The van der Waals surface area contributed by atoms with Gasteiger partial charge in [-0.05, 0) is 28.4 Å². The quantitative estimate of drug-likeness (QED) is 0.887. The van der Waals surface area contributed by atoms with Crippen molar-refractivity contribution in [2.24, 2.45) is 7.05 Å². The number of pyridine rings is 1. The van der Waals surface area contributed by atoms with Crippen LogP contribution in [0.3, 0.4) is 0 Å². The standard InChI is InChI=1S/C9H10BrNO3/c1-11-5-7(10)4-6(9(11)14)2-3-8(12)13/h4-5H,2-3H2,1H3,(H,12,13). The molecule has 5 heteroatoms. The van der Waals surface area contributed by atoms with Crippen molar-refractivity contribution in [3.05, 3.63) is 32.7 Å². The number of aliphatic carboxylic acids is 1. The number of aryl methyl sites for hydroxylation is 2. The Morgan fingerprint density at radius 2 is 2.29 bits per heavy atom. The summed E-state index contributed by atoms with van der Waals surface area (Å²) in [5.74, 6) is -0.896. The highest BCUT2D eigenvalue weighted by atomic mass is 79.9. The molecular weight excluding hydrogens is 250 g/mol. The molecule has 0 aliphatic carbocycles. The Balaban J connectivity index is 2.97. The van der Waals surface area contributed by atoms with Crippen molar-refractivity contribution in [1.82, 2.24) is 4.57 Å². The van der Waals surface area contributed by atoms with Gasteiger partial charge in [-0.25, -0.2) is 0 Å². The van der Waals surface area contributed by atoms with Crippen molar-refractivity contribution in [2.45, 2.75) is 12.8 Å². The number of carbonyl (C=O) groups is 1. The summed E-state index contributed by atoms with van der Waals surface area (Å²) in [6, 6.07) is 1.66. The molecule has 0 aliphatic rings. The highest BCUT2D eigenvalue weighted by molar-refractivity contribution is 9.10. The lowest BCUT2D eigenvalue weighted by molar-refractivity contribution is -0.136. The lowest BCUT2D eigenvalue weighted by atomic mass is 10.1. The smallest absolute Gasteiger partial charge is 0.303 e. The molecule has 1 N–H and O–H groups in total. The van der Waals surface area contributed by atoms with E-state index in [0.29, 0.717) is 5.56 Å². The van der Waals surface area contributed by atoms with Crippen LogP contribution in [0.2, 0.25) is 0 Å². The van der Waals surface area contributed by atoms with E-state index < -0.39 is 5.97 Å². The van der Waals surface area contributed by atoms with E-state index in [1.54, 1.807) is 19.3 Å². The summed E-state index contributed by atoms with van der Waals surface area (Å²) < 4.78 is 2.21. The lowest BCUT2D eigenvalue weighted by Gasteiger charge is -2.03. The SMILES string of the molecule is Cn1cc(Br)cc(CCC(=O)O)c1=O. The van der Waals surface area contributed by atoms with E-state index in [-0.39, 0.29) is 18.4 Å². The highest BCUT2D eigenvalue weighted by Gasteiger charge is 2.05. The molecule has 0 saturated carbocycles. The van der Waals surface area contributed by atoms with Crippen molar-refractivity contribution in [2.75, 3.05) is 0 Å². The van der Waals surface area contributed by atoms with Crippen LogP contribution in [0.5, 0.6) is 0 Å². The molecule has 4 nitrogen and oxygen atoms in total. The molecule has 0 aliphatic heterocycles. The van der Waals surface area contributed by atoms with Crippen molar-refractivity contribution in [3.63, 3.8) is 0 Å². The second-order valence-corrected chi connectivity index (χ2v) is 3.91. The molecule has 0 spiro atoms. The Morgan fingerprint density at radius 3 is 2.86 bits per heavy atom. The van der Waals surface area contributed by atoms with Crippen LogP contribution in [0.15, 0.2) is 21.5 Å². The zero-order chi connectivity index (χ0) is 10.7. The maximum absolute atomic E-state index is 11.5. The molecule has 1 aromatic rings. The van der Waals surface area contributed by atoms with Crippen molar-refractivity contribution >= 4 is 21.9 Å². The molecule has 0 aromatic carbocycles. The molecule has 1 heterocycles. The Hall–Kier alpha value is -1.10. The summed E-state index contributed by atoms with van der Waals surface area (Å²) in [5.41, 5.74) is 0.374. The molecule has 0 unspecified atom stereocenters. The topological polar surface area (TPSA) is 59.3 Å². The Kier molecular flexibility index (Phi) is 3.46. The van der Waals surface area contributed by atoms with E-state index >= 15 is 0 Å². The molecule has 1 rings (SSSR count). The average Bonchev–Trinajstić information content (AvgIpc) is 2.08. The average molecular weight is 260 g/mol. The molecule has 0 saturated heterocycles. The van der Waals surface area contributed by atoms with Crippen LogP contribution < -0.4 is 5.56 Å². The highest BCUT2D eigenvalue weighted by Crippen LogP contribution is 2.09. The second-order valence-electron chi connectivity index (χ2n) is 2.99.